The Morgan fingerprint density at radius 2 is 2.12 bits per heavy atom. The van der Waals surface area contributed by atoms with Crippen molar-refractivity contribution in [3.8, 4) is 0 Å². The van der Waals surface area contributed by atoms with Crippen LogP contribution in [0.25, 0.3) is 0 Å². The largest absolute Gasteiger partial charge is 0.388 e. The van der Waals surface area contributed by atoms with Crippen LogP contribution < -0.4 is 0 Å². The summed E-state index contributed by atoms with van der Waals surface area (Å²) >= 11 is 0. The number of alkyl halides is 1. The molecule has 0 aliphatic heterocycles. The second-order valence-corrected chi connectivity index (χ2v) is 9.06. The van der Waals surface area contributed by atoms with Crippen molar-refractivity contribution in [3.63, 3.8) is 0 Å². The number of allylic oxidation sites excluding steroid dienone is 3. The Kier molecular flexibility index (Phi) is 3.84. The fourth-order valence-electron chi connectivity index (χ4n) is 6.25. The molecule has 136 valence electrons. The van der Waals surface area contributed by atoms with Crippen molar-refractivity contribution >= 4 is 11.6 Å². The Bertz CT molecular complexity index is 706. The third kappa shape index (κ3) is 2.40. The van der Waals surface area contributed by atoms with Crippen molar-refractivity contribution < 1.29 is 19.1 Å². The van der Waals surface area contributed by atoms with Crippen LogP contribution in [0.2, 0.25) is 0 Å². The van der Waals surface area contributed by atoms with Gasteiger partial charge in [-0.1, -0.05) is 31.1 Å². The SMILES string of the molecule is C[C@]12CCC3=C(CCC4CC(O)C(C(=O)CF)=C[C@]34C)[C@@H]1CC(=O)C2. The third-order valence-corrected chi connectivity index (χ3v) is 7.65. The summed E-state index contributed by atoms with van der Waals surface area (Å²) in [7, 11) is 0. The molecule has 0 saturated heterocycles. The lowest BCUT2D eigenvalue weighted by molar-refractivity contribution is -0.118. The average molecular weight is 346 g/mol. The van der Waals surface area contributed by atoms with Gasteiger partial charge in [-0.15, -0.1) is 0 Å². The van der Waals surface area contributed by atoms with Crippen LogP contribution in [0.15, 0.2) is 22.8 Å². The quantitative estimate of drug-likeness (QED) is 0.776. The second kappa shape index (κ2) is 5.60. The normalized spacial score (nSPS) is 43.3. The Hall–Kier alpha value is -1.29. The molecule has 0 aromatic rings. The number of ketones is 2. The van der Waals surface area contributed by atoms with E-state index >= 15 is 0 Å². The van der Waals surface area contributed by atoms with Gasteiger partial charge in [-0.05, 0) is 49.4 Å². The highest BCUT2D eigenvalue weighted by atomic mass is 19.1. The van der Waals surface area contributed by atoms with E-state index in [9.17, 15) is 19.1 Å². The van der Waals surface area contributed by atoms with Crippen LogP contribution in [0.4, 0.5) is 4.39 Å². The number of Topliss-reactive ketones (excluding diaryl/α,β-unsaturated/α-hetero) is 2. The molecule has 4 aliphatic carbocycles. The van der Waals surface area contributed by atoms with Crippen LogP contribution in [0.3, 0.4) is 0 Å². The van der Waals surface area contributed by atoms with Crippen molar-refractivity contribution in [1.29, 1.82) is 0 Å². The summed E-state index contributed by atoms with van der Waals surface area (Å²) in [6.07, 6.45) is 6.84. The van der Waals surface area contributed by atoms with Gasteiger partial charge in [-0.3, -0.25) is 9.59 Å². The van der Waals surface area contributed by atoms with Crippen molar-refractivity contribution in [2.24, 2.45) is 22.7 Å². The van der Waals surface area contributed by atoms with Crippen LogP contribution in [-0.2, 0) is 9.59 Å². The first-order valence-corrected chi connectivity index (χ1v) is 9.52. The van der Waals surface area contributed by atoms with E-state index in [0.29, 0.717) is 36.9 Å². The minimum Gasteiger partial charge on any atom is -0.388 e. The van der Waals surface area contributed by atoms with Crippen LogP contribution >= 0.6 is 0 Å². The Morgan fingerprint density at radius 1 is 1.36 bits per heavy atom. The number of halogens is 1. The fourth-order valence-corrected chi connectivity index (χ4v) is 6.25. The summed E-state index contributed by atoms with van der Waals surface area (Å²) in [4.78, 5) is 24.1. The second-order valence-electron chi connectivity index (χ2n) is 9.06. The smallest absolute Gasteiger partial charge is 0.192 e. The minimum atomic E-state index is -1.05. The maximum Gasteiger partial charge on any atom is 0.192 e. The van der Waals surface area contributed by atoms with Crippen molar-refractivity contribution in [2.75, 3.05) is 6.67 Å². The van der Waals surface area contributed by atoms with E-state index in [1.54, 1.807) is 0 Å². The number of carbonyl (C=O) groups is 2. The summed E-state index contributed by atoms with van der Waals surface area (Å²) in [6.45, 7) is 3.35. The van der Waals surface area contributed by atoms with E-state index in [1.165, 1.54) is 11.1 Å². The van der Waals surface area contributed by atoms with Gasteiger partial charge in [0.25, 0.3) is 0 Å². The van der Waals surface area contributed by atoms with Gasteiger partial charge in [0, 0.05) is 23.8 Å². The van der Waals surface area contributed by atoms with Gasteiger partial charge in [-0.25, -0.2) is 4.39 Å². The standard InChI is InChI=1S/C21H27FO3/c1-20-6-5-16-14(17(20)8-13(23)9-20)4-3-12-7-18(24)15(19(25)11-22)10-21(12,16)2/h10,12,17-18,24H,3-9,11H2,1-2H3/t12?,17-,18?,20+,21-/m0/s1. The number of hydrogen-bond acceptors (Lipinski definition) is 3. The molecule has 0 radical (unpaired) electrons. The highest BCUT2D eigenvalue weighted by Crippen LogP contribution is 2.62. The molecule has 0 aromatic carbocycles. The molecule has 25 heavy (non-hydrogen) atoms. The summed E-state index contributed by atoms with van der Waals surface area (Å²) in [5.74, 6) is 0.411. The highest BCUT2D eigenvalue weighted by Gasteiger charge is 2.53. The molecule has 0 spiro atoms. The first-order chi connectivity index (χ1) is 11.8. The van der Waals surface area contributed by atoms with Crippen LogP contribution in [0.1, 0.15) is 58.8 Å². The molecule has 5 atom stereocenters. The zero-order chi connectivity index (χ0) is 18.0. The molecule has 3 nitrogen and oxygen atoms in total. The molecule has 0 bridgehead atoms. The van der Waals surface area contributed by atoms with E-state index in [1.807, 2.05) is 6.08 Å². The predicted octanol–water partition coefficient (Wildman–Crippen LogP) is 3.71. The topological polar surface area (TPSA) is 54.4 Å². The molecule has 4 heteroatoms. The zero-order valence-corrected chi connectivity index (χ0v) is 15.1. The lowest BCUT2D eigenvalue weighted by atomic mass is 9.52. The lowest BCUT2D eigenvalue weighted by Crippen LogP contribution is -2.44. The lowest BCUT2D eigenvalue weighted by Gasteiger charge is -2.52. The van der Waals surface area contributed by atoms with Gasteiger partial charge in [0.05, 0.1) is 6.10 Å². The first kappa shape index (κ1) is 17.1. The van der Waals surface area contributed by atoms with E-state index in [0.717, 1.165) is 25.7 Å². The minimum absolute atomic E-state index is 0.0919. The molecule has 1 N–H and O–H groups in total. The molecule has 0 heterocycles. The molecule has 1 saturated carbocycles. The van der Waals surface area contributed by atoms with Gasteiger partial charge >= 0.3 is 0 Å². The van der Waals surface area contributed by atoms with Crippen LogP contribution in [0.5, 0.6) is 0 Å². The fraction of sp³-hybridized carbons (Fsp3) is 0.714. The van der Waals surface area contributed by atoms with Gasteiger partial charge < -0.3 is 5.11 Å². The summed E-state index contributed by atoms with van der Waals surface area (Å²) in [6, 6.07) is 0. The molecule has 0 aromatic heterocycles. The molecular weight excluding hydrogens is 319 g/mol. The van der Waals surface area contributed by atoms with Gasteiger partial charge in [0.1, 0.15) is 5.78 Å². The number of aliphatic hydroxyl groups excluding tert-OH is 1. The van der Waals surface area contributed by atoms with Crippen molar-refractivity contribution in [2.45, 2.75) is 64.9 Å². The van der Waals surface area contributed by atoms with Gasteiger partial charge in [0.2, 0.25) is 0 Å². The molecule has 4 rings (SSSR count). The number of carbonyl (C=O) groups excluding carboxylic acids is 2. The summed E-state index contributed by atoms with van der Waals surface area (Å²) < 4.78 is 12.9. The molecule has 4 aliphatic rings. The molecule has 2 unspecified atom stereocenters. The number of rotatable bonds is 2. The third-order valence-electron chi connectivity index (χ3n) is 7.65. The summed E-state index contributed by atoms with van der Waals surface area (Å²) in [5, 5.41) is 10.3. The molecular formula is C21H27FO3. The zero-order valence-electron chi connectivity index (χ0n) is 15.1. The Labute approximate surface area is 148 Å². The van der Waals surface area contributed by atoms with Gasteiger partial charge in [-0.2, -0.15) is 0 Å². The number of aliphatic hydroxyl groups is 1. The van der Waals surface area contributed by atoms with Crippen molar-refractivity contribution in [3.05, 3.63) is 22.8 Å². The average Bonchev–Trinajstić information content (AvgIpc) is 2.88. The van der Waals surface area contributed by atoms with E-state index < -0.39 is 18.6 Å². The van der Waals surface area contributed by atoms with Crippen LogP contribution in [0, 0.1) is 22.7 Å². The maximum atomic E-state index is 12.9. The number of fused-ring (bicyclic) bond motifs is 4. The van der Waals surface area contributed by atoms with E-state index in [2.05, 4.69) is 13.8 Å². The Balaban J connectivity index is 1.80. The molecule has 0 amide bonds. The summed E-state index contributed by atoms with van der Waals surface area (Å²) in [5.41, 5.74) is 2.87. The predicted molar refractivity (Wildman–Crippen MR) is 92.6 cm³/mol. The first-order valence-electron chi connectivity index (χ1n) is 9.52. The van der Waals surface area contributed by atoms with Crippen LogP contribution in [-0.4, -0.2) is 29.5 Å². The van der Waals surface area contributed by atoms with E-state index in [-0.39, 0.29) is 16.4 Å². The monoisotopic (exact) mass is 346 g/mol. The maximum absolute atomic E-state index is 12.9. The van der Waals surface area contributed by atoms with Gasteiger partial charge in [0.15, 0.2) is 12.5 Å². The van der Waals surface area contributed by atoms with Crippen molar-refractivity contribution in [1.82, 2.24) is 0 Å². The highest BCUT2D eigenvalue weighted by molar-refractivity contribution is 5.97. The Morgan fingerprint density at radius 3 is 2.84 bits per heavy atom. The number of hydrogen-bond donors (Lipinski definition) is 1. The van der Waals surface area contributed by atoms with E-state index in [4.69, 9.17) is 0 Å². The molecule has 1 fully saturated rings.